The van der Waals surface area contributed by atoms with E-state index in [2.05, 4.69) is 97.4 Å². The zero-order valence-corrected chi connectivity index (χ0v) is 32.0. The highest BCUT2D eigenvalue weighted by molar-refractivity contribution is 5.87. The maximum atomic E-state index is 12.7. The van der Waals surface area contributed by atoms with E-state index in [-0.39, 0.29) is 30.9 Å². The zero-order chi connectivity index (χ0) is 38.3. The van der Waals surface area contributed by atoms with Crippen LogP contribution in [0, 0.1) is 0 Å². The smallest absolute Gasteiger partial charge is 0.328 e. The summed E-state index contributed by atoms with van der Waals surface area (Å²) >= 11 is 0. The topological polar surface area (TPSA) is 142 Å². The highest BCUT2D eigenvalue weighted by Gasteiger charge is 2.18. The maximum absolute atomic E-state index is 12.7. The van der Waals surface area contributed by atoms with Gasteiger partial charge >= 0.3 is 11.9 Å². The summed E-state index contributed by atoms with van der Waals surface area (Å²) in [5, 5.41) is 22.5. The summed E-state index contributed by atoms with van der Waals surface area (Å²) in [5.41, 5.74) is 0. The van der Waals surface area contributed by atoms with E-state index in [9.17, 15) is 19.2 Å². The fourth-order valence-corrected chi connectivity index (χ4v) is 4.93. The van der Waals surface area contributed by atoms with E-state index < -0.39 is 24.5 Å². The van der Waals surface area contributed by atoms with Crippen LogP contribution in [0.2, 0.25) is 0 Å². The van der Waals surface area contributed by atoms with Crippen molar-refractivity contribution in [2.24, 2.45) is 0 Å². The Morgan fingerprint density at radius 1 is 0.596 bits per heavy atom. The summed E-state index contributed by atoms with van der Waals surface area (Å²) in [6.07, 6.45) is 46.3. The Hall–Kier alpha value is -3.98. The van der Waals surface area contributed by atoms with Crippen molar-refractivity contribution in [2.45, 2.75) is 148 Å². The standard InChI is InChI=1S/C43H68N2O7/c1-3-5-7-9-11-13-14-15-16-17-18-19-20-21-23-25-31-35-42(49)52-38(32-28-24-22-12-10-8-6-4-2)33-29-26-27-30-34-40(47)44-36-41(48)45-39(37-46)43(50)51/h5-8,11-13,15-16,18-19,22,28,32,38-39,46H,3-4,9-10,14,17,20-21,23-27,29-31,33-37H2,1-2H3,(H,44,47)(H,45,48)(H,50,51)/b7-5-,8-6-,13-11-,16-15-,19-18-,22-12-,32-28-. The number of unbranched alkanes of at least 4 members (excludes halogenated alkanes) is 7. The monoisotopic (exact) mass is 725 g/mol. The number of esters is 1. The van der Waals surface area contributed by atoms with Gasteiger partial charge < -0.3 is 25.6 Å². The quantitative estimate of drug-likeness (QED) is 0.0301. The number of aliphatic carboxylic acids is 1. The van der Waals surface area contributed by atoms with Gasteiger partial charge in [-0.05, 0) is 89.5 Å². The highest BCUT2D eigenvalue weighted by Crippen LogP contribution is 2.14. The van der Waals surface area contributed by atoms with Gasteiger partial charge in [0.15, 0.2) is 0 Å². The fraction of sp³-hybridized carbons (Fsp3) is 0.581. The van der Waals surface area contributed by atoms with Crippen LogP contribution in [-0.4, -0.2) is 59.3 Å². The molecule has 4 N–H and O–H groups in total. The Morgan fingerprint density at radius 2 is 1.10 bits per heavy atom. The molecule has 9 heteroatoms. The number of amides is 2. The number of carbonyl (C=O) groups excluding carboxylic acids is 3. The van der Waals surface area contributed by atoms with Crippen molar-refractivity contribution < 1.29 is 34.1 Å². The molecule has 52 heavy (non-hydrogen) atoms. The third kappa shape index (κ3) is 33.2. The SMILES string of the molecule is CC/C=C\C/C=C\C/C=C\C/C=C\CCCCCCC(=O)OC(/C=C\C/C=C\C/C=C\CC)CCCCCCC(=O)NCC(=O)NC(CO)C(=O)O. The first-order valence-corrected chi connectivity index (χ1v) is 19.5. The first-order chi connectivity index (χ1) is 25.3. The number of carboxylic acids is 1. The molecule has 292 valence electrons. The van der Waals surface area contributed by atoms with Gasteiger partial charge in [0.05, 0.1) is 13.2 Å². The van der Waals surface area contributed by atoms with Gasteiger partial charge in [0.2, 0.25) is 11.8 Å². The lowest BCUT2D eigenvalue weighted by Gasteiger charge is -2.15. The molecule has 2 amide bonds. The van der Waals surface area contributed by atoms with Gasteiger partial charge in [-0.3, -0.25) is 14.4 Å². The van der Waals surface area contributed by atoms with E-state index in [0.29, 0.717) is 19.3 Å². The largest absolute Gasteiger partial charge is 0.480 e. The number of hydrogen-bond donors (Lipinski definition) is 4. The normalized spacial score (nSPS) is 13.4. The number of rotatable bonds is 33. The summed E-state index contributed by atoms with van der Waals surface area (Å²) in [6.45, 7) is 3.18. The van der Waals surface area contributed by atoms with Crippen LogP contribution in [-0.2, 0) is 23.9 Å². The average Bonchev–Trinajstić information content (AvgIpc) is 3.13. The molecular formula is C43H68N2O7. The molecule has 0 aliphatic heterocycles. The Bertz CT molecular complexity index is 1150. The minimum absolute atomic E-state index is 0.164. The molecule has 0 saturated carbocycles. The number of carboxylic acid groups (broad SMARTS) is 1. The summed E-state index contributed by atoms with van der Waals surface area (Å²) in [4.78, 5) is 47.4. The third-order valence-electron chi connectivity index (χ3n) is 7.87. The zero-order valence-electron chi connectivity index (χ0n) is 32.0. The van der Waals surface area contributed by atoms with Crippen LogP contribution in [0.4, 0.5) is 0 Å². The number of allylic oxidation sites excluding steroid dienone is 13. The lowest BCUT2D eigenvalue weighted by molar-refractivity contribution is -0.147. The van der Waals surface area contributed by atoms with Crippen LogP contribution in [0.15, 0.2) is 85.1 Å². The van der Waals surface area contributed by atoms with E-state index in [1.54, 1.807) is 0 Å². The molecule has 0 radical (unpaired) electrons. The molecule has 0 bridgehead atoms. The fourth-order valence-electron chi connectivity index (χ4n) is 4.93. The third-order valence-corrected chi connectivity index (χ3v) is 7.87. The van der Waals surface area contributed by atoms with Crippen LogP contribution in [0.3, 0.4) is 0 Å². The Labute approximate surface area is 314 Å². The van der Waals surface area contributed by atoms with Crippen molar-refractivity contribution >= 4 is 23.8 Å². The molecule has 0 rings (SSSR count). The number of aliphatic hydroxyl groups excluding tert-OH is 1. The van der Waals surface area contributed by atoms with Crippen molar-refractivity contribution in [2.75, 3.05) is 13.2 Å². The van der Waals surface area contributed by atoms with E-state index in [0.717, 1.165) is 96.3 Å². The number of hydrogen-bond acceptors (Lipinski definition) is 6. The minimum Gasteiger partial charge on any atom is -0.480 e. The second kappa shape index (κ2) is 36.8. The number of aliphatic hydroxyl groups is 1. The molecular weight excluding hydrogens is 656 g/mol. The van der Waals surface area contributed by atoms with Gasteiger partial charge in [-0.25, -0.2) is 4.79 Å². The van der Waals surface area contributed by atoms with Crippen molar-refractivity contribution in [1.82, 2.24) is 10.6 Å². The Kier molecular flexibility index (Phi) is 34.0. The molecule has 0 aliphatic carbocycles. The summed E-state index contributed by atoms with van der Waals surface area (Å²) in [6, 6.07) is -1.40. The van der Waals surface area contributed by atoms with Crippen LogP contribution in [0.5, 0.6) is 0 Å². The molecule has 0 heterocycles. The van der Waals surface area contributed by atoms with Gasteiger partial charge in [0.1, 0.15) is 12.1 Å². The molecule has 0 spiro atoms. The van der Waals surface area contributed by atoms with Gasteiger partial charge in [-0.2, -0.15) is 0 Å². The van der Waals surface area contributed by atoms with E-state index in [1.165, 1.54) is 0 Å². The predicted molar refractivity (Wildman–Crippen MR) is 213 cm³/mol. The maximum Gasteiger partial charge on any atom is 0.328 e. The molecule has 0 aliphatic rings. The van der Waals surface area contributed by atoms with Gasteiger partial charge in [0.25, 0.3) is 0 Å². The van der Waals surface area contributed by atoms with E-state index in [4.69, 9.17) is 14.9 Å². The molecule has 2 atom stereocenters. The number of ether oxygens (including phenoxy) is 1. The van der Waals surface area contributed by atoms with E-state index in [1.807, 2.05) is 12.2 Å². The summed E-state index contributed by atoms with van der Waals surface area (Å²) in [5.74, 6) is -2.48. The van der Waals surface area contributed by atoms with E-state index >= 15 is 0 Å². The predicted octanol–water partition coefficient (Wildman–Crippen LogP) is 8.92. The first-order valence-electron chi connectivity index (χ1n) is 19.5. The second-order valence-corrected chi connectivity index (χ2v) is 12.6. The Morgan fingerprint density at radius 3 is 1.65 bits per heavy atom. The summed E-state index contributed by atoms with van der Waals surface area (Å²) < 4.78 is 5.85. The lowest BCUT2D eigenvalue weighted by atomic mass is 10.1. The first kappa shape index (κ1) is 48.0. The lowest BCUT2D eigenvalue weighted by Crippen LogP contribution is -2.47. The molecule has 0 saturated heterocycles. The van der Waals surface area contributed by atoms with Crippen molar-refractivity contribution in [3.63, 3.8) is 0 Å². The van der Waals surface area contributed by atoms with Crippen LogP contribution >= 0.6 is 0 Å². The average molecular weight is 725 g/mol. The van der Waals surface area contributed by atoms with Crippen LogP contribution in [0.25, 0.3) is 0 Å². The van der Waals surface area contributed by atoms with Crippen molar-refractivity contribution in [3.05, 3.63) is 85.1 Å². The van der Waals surface area contributed by atoms with Crippen LogP contribution in [0.1, 0.15) is 136 Å². The second-order valence-electron chi connectivity index (χ2n) is 12.6. The van der Waals surface area contributed by atoms with Gasteiger partial charge in [-0.15, -0.1) is 0 Å². The molecule has 0 aromatic rings. The summed E-state index contributed by atoms with van der Waals surface area (Å²) in [7, 11) is 0. The Balaban J connectivity index is 4.39. The van der Waals surface area contributed by atoms with Crippen molar-refractivity contribution in [1.29, 1.82) is 0 Å². The molecule has 9 nitrogen and oxygen atoms in total. The minimum atomic E-state index is -1.40. The molecule has 0 aromatic heterocycles. The van der Waals surface area contributed by atoms with Gasteiger partial charge in [0, 0.05) is 12.8 Å². The van der Waals surface area contributed by atoms with Crippen molar-refractivity contribution in [3.8, 4) is 0 Å². The molecule has 2 unspecified atom stereocenters. The number of nitrogens with one attached hydrogen (secondary N) is 2. The van der Waals surface area contributed by atoms with Crippen LogP contribution < -0.4 is 10.6 Å². The highest BCUT2D eigenvalue weighted by atomic mass is 16.5. The molecule has 0 fully saturated rings. The number of carbonyl (C=O) groups is 4. The molecule has 0 aromatic carbocycles. The van der Waals surface area contributed by atoms with Gasteiger partial charge in [-0.1, -0.05) is 119 Å².